The minimum atomic E-state index is -0.925. The van der Waals surface area contributed by atoms with E-state index in [1.54, 1.807) is 38.4 Å². The van der Waals surface area contributed by atoms with Gasteiger partial charge in [0.15, 0.2) is 0 Å². The molecule has 0 saturated carbocycles. The highest BCUT2D eigenvalue weighted by Gasteiger charge is 2.17. The fourth-order valence-corrected chi connectivity index (χ4v) is 1.65. The van der Waals surface area contributed by atoms with Crippen molar-refractivity contribution in [2.45, 2.75) is 18.6 Å². The molecule has 5 nitrogen and oxygen atoms in total. The first-order valence-corrected chi connectivity index (χ1v) is 5.88. The van der Waals surface area contributed by atoms with Crippen LogP contribution in [0.25, 0.3) is 0 Å². The van der Waals surface area contributed by atoms with Crippen LogP contribution in [0.2, 0.25) is 0 Å². The Bertz CT molecular complexity index is 378. The van der Waals surface area contributed by atoms with E-state index < -0.39 is 12.2 Å². The number of nitrogens with one attached hydrogen (secondary N) is 2. The second-order valence-electron chi connectivity index (χ2n) is 4.16. The molecule has 2 atom stereocenters. The summed E-state index contributed by atoms with van der Waals surface area (Å²) in [5, 5.41) is 24.9. The minimum Gasteiger partial charge on any atom is -0.389 e. The molecule has 0 fully saturated rings. The summed E-state index contributed by atoms with van der Waals surface area (Å²) in [6.45, 7) is 0.321. The number of hydrogen-bond donors (Lipinski definition) is 4. The van der Waals surface area contributed by atoms with E-state index in [0.29, 0.717) is 18.5 Å². The smallest absolute Gasteiger partial charge is 0.224 e. The number of rotatable bonds is 6. The highest BCUT2D eigenvalue weighted by atomic mass is 16.3. The molecule has 2 unspecified atom stereocenters. The van der Waals surface area contributed by atoms with E-state index in [1.165, 1.54) is 0 Å². The van der Waals surface area contributed by atoms with Gasteiger partial charge < -0.3 is 20.8 Å². The highest BCUT2D eigenvalue weighted by molar-refractivity contribution is 5.78. The van der Waals surface area contributed by atoms with Gasteiger partial charge in [-0.3, -0.25) is 4.79 Å². The molecule has 0 bridgehead atoms. The van der Waals surface area contributed by atoms with E-state index in [1.807, 2.05) is 0 Å². The zero-order valence-corrected chi connectivity index (χ0v) is 10.7. The molecule has 1 aromatic carbocycles. The summed E-state index contributed by atoms with van der Waals surface area (Å²) in [7, 11) is 3.30. The van der Waals surface area contributed by atoms with Crippen molar-refractivity contribution in [2.24, 2.45) is 0 Å². The maximum Gasteiger partial charge on any atom is 0.224 e. The van der Waals surface area contributed by atoms with Gasteiger partial charge in [0.25, 0.3) is 0 Å². The number of aliphatic hydroxyl groups excluding tert-OH is 2. The number of benzene rings is 1. The first-order chi connectivity index (χ1) is 8.58. The van der Waals surface area contributed by atoms with E-state index in [0.717, 1.165) is 5.56 Å². The molecule has 5 heteroatoms. The summed E-state index contributed by atoms with van der Waals surface area (Å²) in [6, 6.07) is 7.00. The van der Waals surface area contributed by atoms with Crippen molar-refractivity contribution < 1.29 is 15.0 Å². The van der Waals surface area contributed by atoms with Crippen LogP contribution in [-0.4, -0.2) is 42.9 Å². The Morgan fingerprint density at radius 3 is 2.33 bits per heavy atom. The molecule has 1 rings (SSSR count). The second kappa shape index (κ2) is 7.10. The van der Waals surface area contributed by atoms with Crippen LogP contribution in [0.15, 0.2) is 24.3 Å². The summed E-state index contributed by atoms with van der Waals surface area (Å²) in [6.07, 6.45) is -1.46. The molecule has 0 aliphatic carbocycles. The molecule has 0 aromatic heterocycles. The summed E-state index contributed by atoms with van der Waals surface area (Å²) >= 11 is 0. The van der Waals surface area contributed by atoms with Crippen molar-refractivity contribution in [2.75, 3.05) is 20.6 Å². The topological polar surface area (TPSA) is 81.6 Å². The van der Waals surface area contributed by atoms with Gasteiger partial charge in [-0.05, 0) is 18.2 Å². The van der Waals surface area contributed by atoms with Crippen molar-refractivity contribution in [1.82, 2.24) is 10.6 Å². The van der Waals surface area contributed by atoms with Gasteiger partial charge in [-0.1, -0.05) is 24.3 Å². The Morgan fingerprint density at radius 1 is 1.22 bits per heavy atom. The molecule has 18 heavy (non-hydrogen) atoms. The van der Waals surface area contributed by atoms with Crippen LogP contribution in [0.3, 0.4) is 0 Å². The quantitative estimate of drug-likeness (QED) is 0.555. The fourth-order valence-electron chi connectivity index (χ4n) is 1.65. The Balaban J connectivity index is 2.67. The third-order valence-electron chi connectivity index (χ3n) is 2.74. The van der Waals surface area contributed by atoms with Crippen LogP contribution in [0.5, 0.6) is 0 Å². The van der Waals surface area contributed by atoms with Crippen LogP contribution in [-0.2, 0) is 11.2 Å². The molecule has 0 radical (unpaired) electrons. The first kappa shape index (κ1) is 14.6. The van der Waals surface area contributed by atoms with Crippen LogP contribution in [0.4, 0.5) is 0 Å². The minimum absolute atomic E-state index is 0.0569. The predicted octanol–water partition coefficient (Wildman–Crippen LogP) is -0.411. The van der Waals surface area contributed by atoms with Gasteiger partial charge in [0.1, 0.15) is 6.10 Å². The molecule has 0 spiro atoms. The molecule has 0 aliphatic heterocycles. The Kier molecular flexibility index (Phi) is 5.77. The first-order valence-electron chi connectivity index (χ1n) is 5.88. The zero-order valence-electron chi connectivity index (χ0n) is 10.7. The highest BCUT2D eigenvalue weighted by Crippen LogP contribution is 2.17. The van der Waals surface area contributed by atoms with Crippen molar-refractivity contribution in [3.05, 3.63) is 35.4 Å². The lowest BCUT2D eigenvalue weighted by Gasteiger charge is -2.18. The van der Waals surface area contributed by atoms with Crippen molar-refractivity contribution in [3.8, 4) is 0 Å². The van der Waals surface area contributed by atoms with Crippen LogP contribution in [0.1, 0.15) is 17.2 Å². The molecular formula is C13H20N2O3. The number of hydrogen-bond acceptors (Lipinski definition) is 4. The van der Waals surface area contributed by atoms with Crippen LogP contribution < -0.4 is 10.6 Å². The Labute approximate surface area is 107 Å². The summed E-state index contributed by atoms with van der Waals surface area (Å²) < 4.78 is 0. The maximum atomic E-state index is 11.2. The van der Waals surface area contributed by atoms with E-state index >= 15 is 0 Å². The monoisotopic (exact) mass is 252 g/mol. The largest absolute Gasteiger partial charge is 0.389 e. The maximum absolute atomic E-state index is 11.2. The van der Waals surface area contributed by atoms with Crippen molar-refractivity contribution >= 4 is 5.91 Å². The SMILES string of the molecule is CNCC(O)C(O)c1ccc(CC(=O)NC)cc1. The molecule has 1 amide bonds. The number of carbonyl (C=O) groups is 1. The van der Waals surface area contributed by atoms with Gasteiger partial charge >= 0.3 is 0 Å². The average Bonchev–Trinajstić information content (AvgIpc) is 2.39. The van der Waals surface area contributed by atoms with Crippen molar-refractivity contribution in [3.63, 3.8) is 0 Å². The second-order valence-corrected chi connectivity index (χ2v) is 4.16. The van der Waals surface area contributed by atoms with Gasteiger partial charge in [0.2, 0.25) is 5.91 Å². The average molecular weight is 252 g/mol. The zero-order chi connectivity index (χ0) is 13.5. The molecule has 4 N–H and O–H groups in total. The van der Waals surface area contributed by atoms with Crippen LogP contribution >= 0.6 is 0 Å². The third kappa shape index (κ3) is 4.10. The summed E-state index contributed by atoms with van der Waals surface area (Å²) in [5.41, 5.74) is 1.51. The Morgan fingerprint density at radius 2 is 1.83 bits per heavy atom. The lowest BCUT2D eigenvalue weighted by molar-refractivity contribution is -0.119. The van der Waals surface area contributed by atoms with Gasteiger partial charge in [-0.25, -0.2) is 0 Å². The number of carbonyl (C=O) groups excluding carboxylic acids is 1. The molecule has 100 valence electrons. The number of amides is 1. The number of aliphatic hydroxyl groups is 2. The molecule has 1 aromatic rings. The van der Waals surface area contributed by atoms with Gasteiger partial charge in [-0.2, -0.15) is 0 Å². The Hall–Kier alpha value is -1.43. The lowest BCUT2D eigenvalue weighted by Crippen LogP contribution is -2.29. The summed E-state index contributed by atoms with van der Waals surface area (Å²) in [4.78, 5) is 11.2. The van der Waals surface area contributed by atoms with Gasteiger partial charge in [0.05, 0.1) is 12.5 Å². The van der Waals surface area contributed by atoms with E-state index in [9.17, 15) is 15.0 Å². The van der Waals surface area contributed by atoms with Crippen molar-refractivity contribution in [1.29, 1.82) is 0 Å². The standard InChI is InChI=1S/C13H20N2O3/c1-14-8-11(16)13(18)10-5-3-9(4-6-10)7-12(17)15-2/h3-6,11,13-14,16,18H,7-8H2,1-2H3,(H,15,17). The molecule has 0 saturated heterocycles. The normalized spacial score (nSPS) is 14.0. The third-order valence-corrected chi connectivity index (χ3v) is 2.74. The van der Waals surface area contributed by atoms with Gasteiger partial charge in [-0.15, -0.1) is 0 Å². The van der Waals surface area contributed by atoms with E-state index in [-0.39, 0.29) is 5.91 Å². The molecular weight excluding hydrogens is 232 g/mol. The molecule has 0 heterocycles. The molecule has 0 aliphatic rings. The number of likely N-dealkylation sites (N-methyl/N-ethyl adjacent to an activating group) is 2. The fraction of sp³-hybridized carbons (Fsp3) is 0.462. The lowest BCUT2D eigenvalue weighted by atomic mass is 10.0. The van der Waals surface area contributed by atoms with Crippen LogP contribution in [0, 0.1) is 0 Å². The van der Waals surface area contributed by atoms with E-state index in [2.05, 4.69) is 10.6 Å². The predicted molar refractivity (Wildman–Crippen MR) is 69.1 cm³/mol. The van der Waals surface area contributed by atoms with Gasteiger partial charge in [0, 0.05) is 13.6 Å². The van der Waals surface area contributed by atoms with E-state index in [4.69, 9.17) is 0 Å². The summed E-state index contributed by atoms with van der Waals surface area (Å²) in [5.74, 6) is -0.0569.